The number of aliphatic hydroxyl groups excluding tert-OH is 1. The molecule has 1 fully saturated rings. The van der Waals surface area contributed by atoms with E-state index in [1.54, 1.807) is 11.8 Å². The van der Waals surface area contributed by atoms with Crippen LogP contribution in [-0.4, -0.2) is 39.8 Å². The summed E-state index contributed by atoms with van der Waals surface area (Å²) in [6.45, 7) is 2.65. The maximum atomic E-state index is 12.8. The third-order valence-electron chi connectivity index (χ3n) is 4.53. The summed E-state index contributed by atoms with van der Waals surface area (Å²) in [5.74, 6) is 0.0185. The van der Waals surface area contributed by atoms with Gasteiger partial charge in [-0.25, -0.2) is 0 Å². The number of Topliss-reactive ketones (excluding diaryl/α,β-unsaturated/α-hetero) is 1. The molecule has 2 aromatic rings. The predicted octanol–water partition coefficient (Wildman–Crippen LogP) is 2.10. The molecule has 0 bridgehead atoms. The highest BCUT2D eigenvalue weighted by atomic mass is 16.3. The van der Waals surface area contributed by atoms with E-state index in [1.165, 1.54) is 0 Å². The Balaban J connectivity index is 1.85. The molecule has 1 aliphatic rings. The molecule has 3 rings (SSSR count). The molecule has 0 saturated carbocycles. The minimum atomic E-state index is -0.155. The largest absolute Gasteiger partial charge is 0.392 e. The summed E-state index contributed by atoms with van der Waals surface area (Å²) in [5, 5.41) is 10.5. The van der Waals surface area contributed by atoms with Gasteiger partial charge in [0.25, 0.3) is 0 Å². The summed E-state index contributed by atoms with van der Waals surface area (Å²) >= 11 is 0. The van der Waals surface area contributed by atoms with E-state index in [2.05, 4.69) is 4.98 Å². The number of rotatable bonds is 3. The fourth-order valence-corrected chi connectivity index (χ4v) is 3.24. The Morgan fingerprint density at radius 1 is 1.27 bits per heavy atom. The highest BCUT2D eigenvalue weighted by molar-refractivity contribution is 6.03. The highest BCUT2D eigenvalue weighted by Gasteiger charge is 2.29. The minimum absolute atomic E-state index is 0.0449. The summed E-state index contributed by atoms with van der Waals surface area (Å²) in [4.78, 5) is 29.1. The number of amides is 1. The number of aromatic nitrogens is 1. The Kier molecular flexibility index (Phi) is 3.98. The number of hydrogen-bond acceptors (Lipinski definition) is 3. The second kappa shape index (κ2) is 5.93. The number of aromatic amines is 1. The zero-order chi connectivity index (χ0) is 15.7. The number of carbonyl (C=O) groups excluding carboxylic acids is 2. The van der Waals surface area contributed by atoms with Crippen LogP contribution >= 0.6 is 0 Å². The average Bonchev–Trinajstić information content (AvgIpc) is 2.92. The number of nitrogens with one attached hydrogen (secondary N) is 1. The van der Waals surface area contributed by atoms with Crippen LogP contribution < -0.4 is 0 Å². The Morgan fingerprint density at radius 3 is 2.59 bits per heavy atom. The molecular weight excluding hydrogens is 280 g/mol. The smallest absolute Gasteiger partial charge is 0.219 e. The van der Waals surface area contributed by atoms with E-state index in [0.29, 0.717) is 37.2 Å². The van der Waals surface area contributed by atoms with Crippen LogP contribution in [0.3, 0.4) is 0 Å². The molecule has 116 valence electrons. The average molecular weight is 300 g/mol. The molecule has 1 saturated heterocycles. The van der Waals surface area contributed by atoms with Gasteiger partial charge in [0.15, 0.2) is 5.78 Å². The third kappa shape index (κ3) is 2.52. The van der Waals surface area contributed by atoms with Gasteiger partial charge in [-0.2, -0.15) is 0 Å². The van der Waals surface area contributed by atoms with Crippen molar-refractivity contribution < 1.29 is 14.7 Å². The SMILES string of the molecule is CC(=O)N1CCC(C(=O)c2[nH]c3ccccc3c2CO)CC1. The number of H-pyrrole nitrogens is 1. The first kappa shape index (κ1) is 14.8. The number of hydrogen-bond donors (Lipinski definition) is 2. The van der Waals surface area contributed by atoms with Crippen LogP contribution in [0.15, 0.2) is 24.3 Å². The summed E-state index contributed by atoms with van der Waals surface area (Å²) in [5.41, 5.74) is 2.07. The van der Waals surface area contributed by atoms with Crippen molar-refractivity contribution in [3.8, 4) is 0 Å². The van der Waals surface area contributed by atoms with Gasteiger partial charge in [0.1, 0.15) is 0 Å². The Labute approximate surface area is 128 Å². The molecule has 5 heteroatoms. The minimum Gasteiger partial charge on any atom is -0.392 e. The van der Waals surface area contributed by atoms with Crippen LogP contribution in [0, 0.1) is 5.92 Å². The number of piperidine rings is 1. The summed E-state index contributed by atoms with van der Waals surface area (Å²) in [6.07, 6.45) is 1.36. The maximum absolute atomic E-state index is 12.8. The number of ketones is 1. The zero-order valence-corrected chi connectivity index (χ0v) is 12.6. The van der Waals surface area contributed by atoms with Crippen LogP contribution in [-0.2, 0) is 11.4 Å². The topological polar surface area (TPSA) is 73.4 Å². The molecule has 1 amide bonds. The fraction of sp³-hybridized carbons (Fsp3) is 0.412. The van der Waals surface area contributed by atoms with E-state index in [9.17, 15) is 14.7 Å². The van der Waals surface area contributed by atoms with Crippen LogP contribution in [0.25, 0.3) is 10.9 Å². The van der Waals surface area contributed by atoms with E-state index in [1.807, 2.05) is 24.3 Å². The van der Waals surface area contributed by atoms with Gasteiger partial charge in [-0.3, -0.25) is 9.59 Å². The number of nitrogens with zero attached hydrogens (tertiary/aromatic N) is 1. The first-order valence-electron chi connectivity index (χ1n) is 7.62. The molecular formula is C17H20N2O3. The first-order valence-corrected chi connectivity index (χ1v) is 7.62. The molecule has 2 N–H and O–H groups in total. The van der Waals surface area contributed by atoms with E-state index in [-0.39, 0.29) is 24.2 Å². The van der Waals surface area contributed by atoms with Gasteiger partial charge in [-0.15, -0.1) is 0 Å². The summed E-state index contributed by atoms with van der Waals surface area (Å²) < 4.78 is 0. The van der Waals surface area contributed by atoms with Crippen LogP contribution in [0.4, 0.5) is 0 Å². The molecule has 1 aromatic carbocycles. The molecule has 0 unspecified atom stereocenters. The van der Waals surface area contributed by atoms with Gasteiger partial charge in [-0.05, 0) is 18.9 Å². The van der Waals surface area contributed by atoms with E-state index < -0.39 is 0 Å². The molecule has 1 aromatic heterocycles. The lowest BCUT2D eigenvalue weighted by Crippen LogP contribution is -2.39. The number of likely N-dealkylation sites (tertiary alicyclic amines) is 1. The number of fused-ring (bicyclic) bond motifs is 1. The lowest BCUT2D eigenvalue weighted by atomic mass is 9.89. The standard InChI is InChI=1S/C17H20N2O3/c1-11(21)19-8-6-12(7-9-19)17(22)16-14(10-20)13-4-2-3-5-15(13)18-16/h2-5,12,18,20H,6-10H2,1H3. The predicted molar refractivity (Wildman–Crippen MR) is 83.5 cm³/mol. The molecule has 5 nitrogen and oxygen atoms in total. The van der Waals surface area contributed by atoms with Gasteiger partial charge >= 0.3 is 0 Å². The molecule has 2 heterocycles. The van der Waals surface area contributed by atoms with Gasteiger partial charge in [-0.1, -0.05) is 18.2 Å². The van der Waals surface area contributed by atoms with Crippen molar-refractivity contribution in [3.05, 3.63) is 35.5 Å². The molecule has 1 aliphatic heterocycles. The van der Waals surface area contributed by atoms with E-state index in [4.69, 9.17) is 0 Å². The third-order valence-corrected chi connectivity index (χ3v) is 4.53. The maximum Gasteiger partial charge on any atom is 0.219 e. The lowest BCUT2D eigenvalue weighted by Gasteiger charge is -2.30. The number of carbonyl (C=O) groups is 2. The molecule has 0 aliphatic carbocycles. The van der Waals surface area contributed by atoms with Gasteiger partial charge in [0, 0.05) is 42.4 Å². The zero-order valence-electron chi connectivity index (χ0n) is 12.6. The van der Waals surface area contributed by atoms with Crippen molar-refractivity contribution >= 4 is 22.6 Å². The number of para-hydroxylation sites is 1. The number of aliphatic hydroxyl groups is 1. The van der Waals surface area contributed by atoms with Crippen molar-refractivity contribution in [1.82, 2.24) is 9.88 Å². The normalized spacial score (nSPS) is 16.2. The van der Waals surface area contributed by atoms with E-state index >= 15 is 0 Å². The van der Waals surface area contributed by atoms with Gasteiger partial charge < -0.3 is 15.0 Å². The van der Waals surface area contributed by atoms with Crippen molar-refractivity contribution in [2.45, 2.75) is 26.4 Å². The van der Waals surface area contributed by atoms with Crippen LogP contribution in [0.5, 0.6) is 0 Å². The van der Waals surface area contributed by atoms with Crippen molar-refractivity contribution in [1.29, 1.82) is 0 Å². The van der Waals surface area contributed by atoms with Crippen LogP contribution in [0.2, 0.25) is 0 Å². The Bertz CT molecular complexity index is 712. The molecule has 22 heavy (non-hydrogen) atoms. The van der Waals surface area contributed by atoms with Gasteiger partial charge in [0.05, 0.1) is 12.3 Å². The monoisotopic (exact) mass is 300 g/mol. The molecule has 0 radical (unpaired) electrons. The van der Waals surface area contributed by atoms with Gasteiger partial charge in [0.2, 0.25) is 5.91 Å². The molecule has 0 atom stereocenters. The van der Waals surface area contributed by atoms with E-state index in [0.717, 1.165) is 10.9 Å². The lowest BCUT2D eigenvalue weighted by molar-refractivity contribution is -0.130. The Morgan fingerprint density at radius 2 is 1.95 bits per heavy atom. The second-order valence-electron chi connectivity index (χ2n) is 5.83. The Hall–Kier alpha value is -2.14. The van der Waals surface area contributed by atoms with Crippen LogP contribution in [0.1, 0.15) is 35.8 Å². The second-order valence-corrected chi connectivity index (χ2v) is 5.83. The summed E-state index contributed by atoms with van der Waals surface area (Å²) in [7, 11) is 0. The molecule has 0 spiro atoms. The fourth-order valence-electron chi connectivity index (χ4n) is 3.24. The number of benzene rings is 1. The first-order chi connectivity index (χ1) is 10.6. The highest BCUT2D eigenvalue weighted by Crippen LogP contribution is 2.28. The van der Waals surface area contributed by atoms with Crippen molar-refractivity contribution in [2.75, 3.05) is 13.1 Å². The van der Waals surface area contributed by atoms with Crippen molar-refractivity contribution in [2.24, 2.45) is 5.92 Å². The summed E-state index contributed by atoms with van der Waals surface area (Å²) in [6, 6.07) is 7.62. The van der Waals surface area contributed by atoms with Crippen molar-refractivity contribution in [3.63, 3.8) is 0 Å². The quantitative estimate of drug-likeness (QED) is 0.853.